The summed E-state index contributed by atoms with van der Waals surface area (Å²) in [6, 6.07) is 69.5. The molecule has 1 heterocycles. The number of nitrogens with zero attached hydrogens (tertiary/aromatic N) is 1. The van der Waals surface area contributed by atoms with E-state index in [1.165, 1.54) is 104 Å². The van der Waals surface area contributed by atoms with Crippen LogP contribution < -0.4 is 0 Å². The van der Waals surface area contributed by atoms with Gasteiger partial charge in [-0.15, -0.1) is 0 Å². The van der Waals surface area contributed by atoms with Crippen LogP contribution in [0.25, 0.3) is 116 Å². The summed E-state index contributed by atoms with van der Waals surface area (Å²) in [5.74, 6) is 0. The first kappa shape index (κ1) is 32.9. The van der Waals surface area contributed by atoms with Crippen LogP contribution in [0.5, 0.6) is 0 Å². The first-order chi connectivity index (χ1) is 28.8. The van der Waals surface area contributed by atoms with Gasteiger partial charge in [-0.25, -0.2) is 4.98 Å². The Bertz CT molecular complexity index is 3370. The molecular weight excluding hydrogens is 699 g/mol. The molecule has 12 rings (SSSR count). The molecule has 0 bridgehead atoms. The van der Waals surface area contributed by atoms with Gasteiger partial charge < -0.3 is 0 Å². The first-order valence-electron chi connectivity index (χ1n) is 20.3. The average molecular weight is 736 g/mol. The number of aromatic nitrogens is 1. The Morgan fingerprint density at radius 3 is 1.71 bits per heavy atom. The van der Waals surface area contributed by atoms with Gasteiger partial charge in [-0.3, -0.25) is 0 Å². The molecule has 270 valence electrons. The average Bonchev–Trinajstić information content (AvgIpc) is 3.30. The molecule has 11 aromatic rings. The largest absolute Gasteiger partial charge is 0.248 e. The van der Waals surface area contributed by atoms with E-state index in [1.807, 2.05) is 0 Å². The number of rotatable bonds is 5. The van der Waals surface area contributed by atoms with Crippen molar-refractivity contribution in [1.29, 1.82) is 0 Å². The van der Waals surface area contributed by atoms with E-state index < -0.39 is 0 Å². The van der Waals surface area contributed by atoms with E-state index in [2.05, 4.69) is 200 Å². The predicted octanol–water partition coefficient (Wildman–Crippen LogP) is 15.6. The molecule has 58 heavy (non-hydrogen) atoms. The normalized spacial score (nSPS) is 12.6. The topological polar surface area (TPSA) is 12.9 Å². The molecule has 0 saturated heterocycles. The fraction of sp³-hybridized carbons (Fsp3) is 0.0351. The van der Waals surface area contributed by atoms with Gasteiger partial charge in [-0.2, -0.15) is 0 Å². The van der Waals surface area contributed by atoms with E-state index in [-0.39, 0.29) is 0 Å². The Balaban J connectivity index is 1.08. The summed E-state index contributed by atoms with van der Waals surface area (Å²) in [5.41, 5.74) is 14.4. The Labute approximate surface area is 337 Å². The van der Waals surface area contributed by atoms with Crippen molar-refractivity contribution < 1.29 is 0 Å². The van der Waals surface area contributed by atoms with Crippen LogP contribution in [0, 0.1) is 0 Å². The number of benzene rings is 10. The zero-order valence-electron chi connectivity index (χ0n) is 31.9. The monoisotopic (exact) mass is 735 g/mol. The van der Waals surface area contributed by atoms with Crippen LogP contribution in [0.3, 0.4) is 0 Å². The molecule has 1 nitrogen and oxygen atoms in total. The fourth-order valence-electron chi connectivity index (χ4n) is 9.91. The smallest absolute Gasteiger partial charge is 0.0721 e. The quantitative estimate of drug-likeness (QED) is 0.127. The fourth-order valence-corrected chi connectivity index (χ4v) is 9.91. The number of allylic oxidation sites excluding steroid dienone is 1. The van der Waals surface area contributed by atoms with Gasteiger partial charge in [0.05, 0.1) is 11.4 Å². The first-order valence-corrected chi connectivity index (χ1v) is 20.3. The van der Waals surface area contributed by atoms with Crippen molar-refractivity contribution in [2.75, 3.05) is 0 Å². The minimum absolute atomic E-state index is 0.998. The van der Waals surface area contributed by atoms with Crippen LogP contribution in [-0.2, 0) is 6.42 Å². The van der Waals surface area contributed by atoms with Crippen LogP contribution >= 0.6 is 0 Å². The zero-order chi connectivity index (χ0) is 38.2. The Morgan fingerprint density at radius 2 is 0.948 bits per heavy atom. The second-order valence-corrected chi connectivity index (χ2v) is 15.7. The van der Waals surface area contributed by atoms with Crippen LogP contribution in [0.1, 0.15) is 17.7 Å². The molecule has 0 unspecified atom stereocenters. The van der Waals surface area contributed by atoms with Gasteiger partial charge in [-0.05, 0) is 135 Å². The number of hydrogen-bond acceptors (Lipinski definition) is 1. The second-order valence-electron chi connectivity index (χ2n) is 15.7. The Hall–Kier alpha value is -7.35. The molecule has 1 aliphatic rings. The minimum atomic E-state index is 0.998. The van der Waals surface area contributed by atoms with Gasteiger partial charge in [-0.1, -0.05) is 182 Å². The molecule has 0 radical (unpaired) electrons. The number of fused-ring (bicyclic) bond motifs is 3. The third-order valence-corrected chi connectivity index (χ3v) is 12.5. The molecule has 1 heteroatoms. The van der Waals surface area contributed by atoms with Crippen molar-refractivity contribution in [2.45, 2.75) is 12.8 Å². The molecule has 1 aromatic heterocycles. The molecule has 1 aliphatic carbocycles. The van der Waals surface area contributed by atoms with Gasteiger partial charge in [0.25, 0.3) is 0 Å². The SMILES string of the molecule is C1=Cc2nc(-c3ccccc3-c3c4ccccc4c(-c4cccc(-c5ccc6ccc7cccc8ccc5c6c78)c4)c4ccccc34)cc(-c3ccccc3)c2CC1. The van der Waals surface area contributed by atoms with E-state index in [0.717, 1.165) is 29.8 Å². The molecule has 0 atom stereocenters. The van der Waals surface area contributed by atoms with Gasteiger partial charge in [0.2, 0.25) is 0 Å². The lowest BCUT2D eigenvalue weighted by molar-refractivity contribution is 0.968. The van der Waals surface area contributed by atoms with E-state index in [4.69, 9.17) is 4.98 Å². The van der Waals surface area contributed by atoms with Crippen molar-refractivity contribution in [3.8, 4) is 55.8 Å². The molecule has 0 amide bonds. The summed E-state index contributed by atoms with van der Waals surface area (Å²) in [6.07, 6.45) is 6.52. The zero-order valence-corrected chi connectivity index (χ0v) is 31.9. The Morgan fingerprint density at radius 1 is 0.362 bits per heavy atom. The summed E-state index contributed by atoms with van der Waals surface area (Å²) in [6.45, 7) is 0. The number of hydrogen-bond donors (Lipinski definition) is 0. The maximum atomic E-state index is 5.38. The van der Waals surface area contributed by atoms with E-state index in [1.54, 1.807) is 0 Å². The lowest BCUT2D eigenvalue weighted by Crippen LogP contribution is -2.03. The maximum Gasteiger partial charge on any atom is 0.0721 e. The molecule has 0 N–H and O–H groups in total. The summed E-state index contributed by atoms with van der Waals surface area (Å²) in [7, 11) is 0. The molecule has 0 saturated carbocycles. The van der Waals surface area contributed by atoms with Crippen molar-refractivity contribution in [3.63, 3.8) is 0 Å². The summed E-state index contributed by atoms with van der Waals surface area (Å²) < 4.78 is 0. The van der Waals surface area contributed by atoms with Crippen LogP contribution in [0.15, 0.2) is 194 Å². The molecule has 10 aromatic carbocycles. The van der Waals surface area contributed by atoms with Crippen LogP contribution in [-0.4, -0.2) is 4.98 Å². The summed E-state index contributed by atoms with van der Waals surface area (Å²) >= 11 is 0. The lowest BCUT2D eigenvalue weighted by Gasteiger charge is -2.21. The molecule has 0 aliphatic heterocycles. The standard InChI is InChI=1S/C57H37N/c1-2-14-36(15-3-1)51-35-53(58-52-27-11-10-21-44(51)52)43-20-4-5-22-45(43)57-48-25-8-6-23-46(48)55(47-24-7-9-26-49(47)57)41-19-13-18-40(34-41)42-32-30-39-29-28-37-16-12-17-38-31-33-50(42)56(39)54(37)38/h1-9,11-20,22-35H,10,21H2. The maximum absolute atomic E-state index is 5.38. The van der Waals surface area contributed by atoms with Gasteiger partial charge in [0.15, 0.2) is 0 Å². The highest BCUT2D eigenvalue weighted by atomic mass is 14.7. The number of pyridine rings is 1. The molecule has 0 spiro atoms. The lowest BCUT2D eigenvalue weighted by atomic mass is 9.83. The third-order valence-electron chi connectivity index (χ3n) is 12.5. The van der Waals surface area contributed by atoms with Gasteiger partial charge in [0.1, 0.15) is 0 Å². The van der Waals surface area contributed by atoms with E-state index >= 15 is 0 Å². The van der Waals surface area contributed by atoms with Crippen molar-refractivity contribution in [2.24, 2.45) is 0 Å². The van der Waals surface area contributed by atoms with Gasteiger partial charge >= 0.3 is 0 Å². The summed E-state index contributed by atoms with van der Waals surface area (Å²) in [5, 5.41) is 12.8. The molecule has 0 fully saturated rings. The third kappa shape index (κ3) is 5.07. The van der Waals surface area contributed by atoms with Gasteiger partial charge in [0, 0.05) is 5.56 Å². The van der Waals surface area contributed by atoms with Crippen molar-refractivity contribution in [1.82, 2.24) is 4.98 Å². The van der Waals surface area contributed by atoms with Crippen molar-refractivity contribution in [3.05, 3.63) is 205 Å². The van der Waals surface area contributed by atoms with Crippen LogP contribution in [0.4, 0.5) is 0 Å². The van der Waals surface area contributed by atoms with E-state index in [0.29, 0.717) is 0 Å². The summed E-state index contributed by atoms with van der Waals surface area (Å²) in [4.78, 5) is 5.38. The minimum Gasteiger partial charge on any atom is -0.248 e. The highest BCUT2D eigenvalue weighted by Gasteiger charge is 2.22. The highest BCUT2D eigenvalue weighted by molar-refractivity contribution is 6.26. The second kappa shape index (κ2) is 13.1. The van der Waals surface area contributed by atoms with Crippen LogP contribution in [0.2, 0.25) is 0 Å². The van der Waals surface area contributed by atoms with E-state index in [9.17, 15) is 0 Å². The Kier molecular flexibility index (Phi) is 7.43. The highest BCUT2D eigenvalue weighted by Crippen LogP contribution is 2.47. The predicted molar refractivity (Wildman–Crippen MR) is 247 cm³/mol. The van der Waals surface area contributed by atoms with Crippen molar-refractivity contribution >= 4 is 59.9 Å². The molecular formula is C57H37N.